The molecule has 0 aliphatic carbocycles. The van der Waals surface area contributed by atoms with E-state index in [0.29, 0.717) is 18.3 Å². The molecule has 0 unspecified atom stereocenters. The van der Waals surface area contributed by atoms with Gasteiger partial charge < -0.3 is 15.6 Å². The number of halogens is 1. The van der Waals surface area contributed by atoms with Crippen molar-refractivity contribution in [3.63, 3.8) is 0 Å². The lowest BCUT2D eigenvalue weighted by Crippen LogP contribution is -2.31. The summed E-state index contributed by atoms with van der Waals surface area (Å²) in [5.41, 5.74) is 8.41. The van der Waals surface area contributed by atoms with Gasteiger partial charge in [-0.15, -0.1) is 0 Å². The molecule has 7 nitrogen and oxygen atoms in total. The molecule has 0 amide bonds. The molecule has 4 rings (SSSR count). The van der Waals surface area contributed by atoms with E-state index in [4.69, 9.17) is 22.1 Å². The van der Waals surface area contributed by atoms with E-state index in [2.05, 4.69) is 15.3 Å². The lowest BCUT2D eigenvalue weighted by Gasteiger charge is -2.24. The maximum absolute atomic E-state index is 10.1. The van der Waals surface area contributed by atoms with Gasteiger partial charge in [0.15, 0.2) is 23.6 Å². The van der Waals surface area contributed by atoms with Gasteiger partial charge in [0.1, 0.15) is 0 Å². The molecule has 1 aromatic heterocycles. The predicted octanol–water partition coefficient (Wildman–Crippen LogP) is 3.08. The minimum atomic E-state index is -0.471. The normalized spacial score (nSPS) is 16.2. The first-order valence-corrected chi connectivity index (χ1v) is 8.18. The smallest absolute Gasteiger partial charge is 0.212 e. The zero-order chi connectivity index (χ0) is 17.6. The highest BCUT2D eigenvalue weighted by Crippen LogP contribution is 2.40. The van der Waals surface area contributed by atoms with Gasteiger partial charge in [0, 0.05) is 5.56 Å². The highest BCUT2D eigenvalue weighted by Gasteiger charge is 2.26. The van der Waals surface area contributed by atoms with E-state index in [1.165, 1.54) is 0 Å². The number of aliphatic imine (C=N–C) groups is 1. The molecular formula is C17H16ClN5O2. The number of hydrogen-bond acceptors (Lipinski definition) is 6. The van der Waals surface area contributed by atoms with Crippen LogP contribution in [0.3, 0.4) is 0 Å². The summed E-state index contributed by atoms with van der Waals surface area (Å²) in [4.78, 5) is 9.05. The Morgan fingerprint density at radius 3 is 2.96 bits per heavy atom. The Balaban J connectivity index is 1.92. The maximum Gasteiger partial charge on any atom is 0.212 e. The third-order valence-electron chi connectivity index (χ3n) is 3.99. The zero-order valence-corrected chi connectivity index (χ0v) is 14.2. The van der Waals surface area contributed by atoms with Crippen molar-refractivity contribution in [2.75, 3.05) is 11.9 Å². The number of para-hydroxylation sites is 2. The minimum absolute atomic E-state index is 0.0890. The maximum atomic E-state index is 10.1. The first kappa shape index (κ1) is 15.6. The average Bonchev–Trinajstić information content (AvgIpc) is 2.96. The van der Waals surface area contributed by atoms with Gasteiger partial charge in [-0.1, -0.05) is 23.7 Å². The Labute approximate surface area is 148 Å². The molecule has 128 valence electrons. The lowest BCUT2D eigenvalue weighted by atomic mass is 10.1. The average molecular weight is 358 g/mol. The summed E-state index contributed by atoms with van der Waals surface area (Å²) in [5, 5.41) is 13.3. The van der Waals surface area contributed by atoms with Gasteiger partial charge in [0.2, 0.25) is 5.95 Å². The van der Waals surface area contributed by atoms with Crippen molar-refractivity contribution in [1.29, 1.82) is 0 Å². The molecule has 1 aliphatic rings. The number of anilines is 1. The van der Waals surface area contributed by atoms with Gasteiger partial charge in [0.25, 0.3) is 0 Å². The second-order valence-electron chi connectivity index (χ2n) is 5.59. The van der Waals surface area contributed by atoms with Gasteiger partial charge in [-0.25, -0.2) is 9.98 Å². The summed E-state index contributed by atoms with van der Waals surface area (Å²) in [6.45, 7) is 2.24. The second-order valence-corrected chi connectivity index (χ2v) is 6.00. The number of nitrogens with one attached hydrogen (secondary N) is 1. The molecule has 25 heavy (non-hydrogen) atoms. The number of phenols is 1. The number of phenolic OH excluding ortho intramolecular Hbond substituents is 1. The molecule has 0 radical (unpaired) electrons. The van der Waals surface area contributed by atoms with E-state index in [-0.39, 0.29) is 16.7 Å². The van der Waals surface area contributed by atoms with Crippen molar-refractivity contribution in [1.82, 2.24) is 9.55 Å². The van der Waals surface area contributed by atoms with Gasteiger partial charge in [-0.3, -0.25) is 9.88 Å². The Bertz CT molecular complexity index is 998. The van der Waals surface area contributed by atoms with Crippen LogP contribution in [0.1, 0.15) is 18.7 Å². The van der Waals surface area contributed by atoms with Gasteiger partial charge in [-0.05, 0) is 31.2 Å². The number of nitrogens with zero attached hydrogens (tertiary/aromatic N) is 3. The topological polar surface area (TPSA) is 97.7 Å². The molecule has 2 heterocycles. The van der Waals surface area contributed by atoms with Crippen molar-refractivity contribution in [2.24, 2.45) is 10.7 Å². The number of aromatic nitrogens is 2. The van der Waals surface area contributed by atoms with E-state index < -0.39 is 6.17 Å². The molecule has 8 heteroatoms. The number of hydrogen-bond donors (Lipinski definition) is 3. The third kappa shape index (κ3) is 2.53. The van der Waals surface area contributed by atoms with Crippen LogP contribution in [0.5, 0.6) is 11.5 Å². The Morgan fingerprint density at radius 1 is 1.36 bits per heavy atom. The van der Waals surface area contributed by atoms with Crippen molar-refractivity contribution in [3.8, 4) is 11.5 Å². The molecule has 0 bridgehead atoms. The van der Waals surface area contributed by atoms with Gasteiger partial charge in [0.05, 0.1) is 22.7 Å². The highest BCUT2D eigenvalue weighted by molar-refractivity contribution is 6.32. The molecule has 0 fully saturated rings. The van der Waals surface area contributed by atoms with Gasteiger partial charge >= 0.3 is 0 Å². The lowest BCUT2D eigenvalue weighted by molar-refractivity contribution is 0.317. The third-order valence-corrected chi connectivity index (χ3v) is 4.28. The number of fused-ring (bicyclic) bond motifs is 3. The summed E-state index contributed by atoms with van der Waals surface area (Å²) in [6.07, 6.45) is -0.471. The number of ether oxygens (including phenoxy) is 1. The van der Waals surface area contributed by atoms with Crippen LogP contribution in [0.15, 0.2) is 41.4 Å². The zero-order valence-electron chi connectivity index (χ0n) is 13.4. The molecule has 0 spiro atoms. The molecule has 3 aromatic rings. The monoisotopic (exact) mass is 357 g/mol. The highest BCUT2D eigenvalue weighted by atomic mass is 35.5. The first-order valence-electron chi connectivity index (χ1n) is 7.81. The SMILES string of the molecule is CCOc1cc([C@H]2N=C(N)Nc3nc4ccccc4n32)cc(Cl)c1O. The molecule has 0 saturated carbocycles. The van der Waals surface area contributed by atoms with Crippen LogP contribution in [0.2, 0.25) is 5.02 Å². The fourth-order valence-corrected chi connectivity index (χ4v) is 3.17. The van der Waals surface area contributed by atoms with Gasteiger partial charge in [-0.2, -0.15) is 0 Å². The fourth-order valence-electron chi connectivity index (χ4n) is 2.95. The number of nitrogens with two attached hydrogens (primary N) is 1. The number of imidazole rings is 1. The number of rotatable bonds is 3. The number of benzene rings is 2. The Hall–Kier alpha value is -2.93. The largest absolute Gasteiger partial charge is 0.503 e. The molecular weight excluding hydrogens is 342 g/mol. The van der Waals surface area contributed by atoms with E-state index in [0.717, 1.165) is 16.6 Å². The summed E-state index contributed by atoms with van der Waals surface area (Å²) >= 11 is 6.18. The second kappa shape index (κ2) is 5.86. The summed E-state index contributed by atoms with van der Waals surface area (Å²) in [6, 6.07) is 11.1. The van der Waals surface area contributed by atoms with Crippen molar-refractivity contribution in [2.45, 2.75) is 13.1 Å². The van der Waals surface area contributed by atoms with E-state index in [1.807, 2.05) is 35.8 Å². The van der Waals surface area contributed by atoms with Crippen molar-refractivity contribution in [3.05, 3.63) is 47.0 Å². The molecule has 1 aliphatic heterocycles. The number of aromatic hydroxyl groups is 1. The summed E-state index contributed by atoms with van der Waals surface area (Å²) < 4.78 is 7.41. The van der Waals surface area contributed by atoms with E-state index in [1.54, 1.807) is 12.1 Å². The van der Waals surface area contributed by atoms with E-state index in [9.17, 15) is 5.11 Å². The fraction of sp³-hybridized carbons (Fsp3) is 0.176. The van der Waals surface area contributed by atoms with Crippen LogP contribution in [-0.2, 0) is 0 Å². The van der Waals surface area contributed by atoms with Crippen LogP contribution in [0.25, 0.3) is 11.0 Å². The minimum Gasteiger partial charge on any atom is -0.503 e. The predicted molar refractivity (Wildman–Crippen MR) is 97.4 cm³/mol. The first-order chi connectivity index (χ1) is 12.1. The quantitative estimate of drug-likeness (QED) is 0.669. The van der Waals surface area contributed by atoms with Crippen LogP contribution in [0.4, 0.5) is 5.95 Å². The molecule has 4 N–H and O–H groups in total. The van der Waals surface area contributed by atoms with Crippen molar-refractivity contribution >= 4 is 34.5 Å². The van der Waals surface area contributed by atoms with E-state index >= 15 is 0 Å². The standard InChI is InChI=1S/C17H16ClN5O2/c1-2-25-13-8-9(7-10(18)14(13)24)15-21-16(19)22-17-20-11-5-3-4-6-12(11)23(15)17/h3-8,15,24H,2H2,1H3,(H3,19,20,21,22)/t15-/m0/s1. The van der Waals surface area contributed by atoms with Crippen LogP contribution in [0, 0.1) is 0 Å². The Kier molecular flexibility index (Phi) is 3.65. The van der Waals surface area contributed by atoms with Crippen LogP contribution < -0.4 is 15.8 Å². The summed E-state index contributed by atoms with van der Waals surface area (Å²) in [5.74, 6) is 1.08. The molecule has 0 saturated heterocycles. The summed E-state index contributed by atoms with van der Waals surface area (Å²) in [7, 11) is 0. The molecule has 1 atom stereocenters. The van der Waals surface area contributed by atoms with Crippen molar-refractivity contribution < 1.29 is 9.84 Å². The molecule has 2 aromatic carbocycles. The van der Waals surface area contributed by atoms with Crippen LogP contribution >= 0.6 is 11.6 Å². The van der Waals surface area contributed by atoms with Crippen LogP contribution in [-0.4, -0.2) is 27.2 Å². The number of guanidine groups is 1. The Morgan fingerprint density at radius 2 is 2.16 bits per heavy atom.